The Kier molecular flexibility index (Phi) is 6.45. The van der Waals surface area contributed by atoms with Gasteiger partial charge in [-0.15, -0.1) is 0 Å². The van der Waals surface area contributed by atoms with Crippen molar-refractivity contribution in [1.29, 1.82) is 0 Å². The van der Waals surface area contributed by atoms with Gasteiger partial charge in [0, 0.05) is 12.6 Å². The number of hydrogen-bond donors (Lipinski definition) is 3. The predicted molar refractivity (Wildman–Crippen MR) is 82.3 cm³/mol. The van der Waals surface area contributed by atoms with E-state index in [0.29, 0.717) is 18.8 Å². The van der Waals surface area contributed by atoms with Gasteiger partial charge in [-0.05, 0) is 39.3 Å². The Hall–Kier alpha value is -1.30. The van der Waals surface area contributed by atoms with Gasteiger partial charge in [0.15, 0.2) is 0 Å². The van der Waals surface area contributed by atoms with Crippen LogP contribution in [0.3, 0.4) is 0 Å². The molecule has 1 aliphatic rings. The van der Waals surface area contributed by atoms with Crippen LogP contribution in [-0.2, 0) is 4.79 Å². The topological polar surface area (TPSA) is 81.7 Å². The number of nitrogens with zero attached hydrogens (tertiary/aromatic N) is 1. The van der Waals surface area contributed by atoms with Crippen molar-refractivity contribution in [3.63, 3.8) is 0 Å². The molecule has 2 amide bonds. The number of hydrogen-bond acceptors (Lipinski definition) is 3. The molecule has 1 aliphatic carbocycles. The minimum Gasteiger partial charge on any atom is -0.480 e. The number of carbonyl (C=O) groups excluding carboxylic acids is 1. The molecule has 0 spiro atoms. The molecular weight excluding hydrogens is 270 g/mol. The highest BCUT2D eigenvalue weighted by Gasteiger charge is 2.42. The van der Waals surface area contributed by atoms with Crippen LogP contribution < -0.4 is 10.6 Å². The fourth-order valence-corrected chi connectivity index (χ4v) is 3.00. The van der Waals surface area contributed by atoms with Gasteiger partial charge in [0.1, 0.15) is 5.54 Å². The van der Waals surface area contributed by atoms with Crippen LogP contribution in [0, 0.1) is 5.92 Å². The molecule has 0 bridgehead atoms. The molecule has 0 aromatic carbocycles. The smallest absolute Gasteiger partial charge is 0.329 e. The second kappa shape index (κ2) is 7.64. The highest BCUT2D eigenvalue weighted by molar-refractivity contribution is 5.86. The van der Waals surface area contributed by atoms with Crippen molar-refractivity contribution in [3.05, 3.63) is 0 Å². The number of rotatable bonds is 7. The molecule has 0 radical (unpaired) electrons. The summed E-state index contributed by atoms with van der Waals surface area (Å²) in [6.07, 6.45) is 3.58. The summed E-state index contributed by atoms with van der Waals surface area (Å²) in [4.78, 5) is 25.7. The molecule has 6 nitrogen and oxygen atoms in total. The zero-order valence-corrected chi connectivity index (χ0v) is 13.6. The maximum atomic E-state index is 12.2. The fourth-order valence-electron chi connectivity index (χ4n) is 3.00. The van der Waals surface area contributed by atoms with E-state index in [1.165, 1.54) is 0 Å². The molecule has 0 saturated heterocycles. The van der Waals surface area contributed by atoms with Crippen LogP contribution in [0.1, 0.15) is 46.0 Å². The van der Waals surface area contributed by atoms with Crippen LogP contribution in [0.25, 0.3) is 0 Å². The van der Waals surface area contributed by atoms with Gasteiger partial charge in [-0.3, -0.25) is 0 Å². The van der Waals surface area contributed by atoms with E-state index in [1.54, 1.807) is 0 Å². The van der Waals surface area contributed by atoms with Crippen molar-refractivity contribution < 1.29 is 14.7 Å². The second-order valence-electron chi connectivity index (χ2n) is 6.78. The third-order valence-electron chi connectivity index (χ3n) is 3.90. The quantitative estimate of drug-likeness (QED) is 0.668. The van der Waals surface area contributed by atoms with E-state index in [2.05, 4.69) is 24.5 Å². The predicted octanol–water partition coefficient (Wildman–Crippen LogP) is 1.66. The summed E-state index contributed by atoms with van der Waals surface area (Å²) in [5.41, 5.74) is -1.08. The average molecular weight is 299 g/mol. The highest BCUT2D eigenvalue weighted by atomic mass is 16.4. The molecule has 0 aromatic rings. The lowest BCUT2D eigenvalue weighted by atomic mass is 9.98. The minimum atomic E-state index is -1.08. The lowest BCUT2D eigenvalue weighted by Crippen LogP contribution is -2.57. The van der Waals surface area contributed by atoms with Gasteiger partial charge in [0.2, 0.25) is 0 Å². The van der Waals surface area contributed by atoms with Crippen molar-refractivity contribution in [2.45, 2.75) is 57.5 Å². The number of carboxylic acid groups (broad SMARTS) is 1. The van der Waals surface area contributed by atoms with Crippen LogP contribution in [0.15, 0.2) is 0 Å². The van der Waals surface area contributed by atoms with Gasteiger partial charge >= 0.3 is 12.0 Å². The fraction of sp³-hybridized carbons (Fsp3) is 0.867. The Balaban J connectivity index is 2.61. The lowest BCUT2D eigenvalue weighted by Gasteiger charge is -2.29. The van der Waals surface area contributed by atoms with Crippen LogP contribution in [0.4, 0.5) is 4.79 Å². The number of carboxylic acids is 1. The average Bonchev–Trinajstić information content (AvgIpc) is 2.76. The van der Waals surface area contributed by atoms with Gasteiger partial charge < -0.3 is 20.6 Å². The molecule has 1 fully saturated rings. The highest BCUT2D eigenvalue weighted by Crippen LogP contribution is 2.29. The molecule has 0 aliphatic heterocycles. The summed E-state index contributed by atoms with van der Waals surface area (Å²) in [6.45, 7) is 4.96. The zero-order valence-electron chi connectivity index (χ0n) is 13.6. The van der Waals surface area contributed by atoms with E-state index >= 15 is 0 Å². The van der Waals surface area contributed by atoms with Crippen LogP contribution in [0.2, 0.25) is 0 Å². The van der Waals surface area contributed by atoms with Crippen molar-refractivity contribution in [2.75, 3.05) is 20.6 Å². The summed E-state index contributed by atoms with van der Waals surface area (Å²) in [5.74, 6) is -0.460. The normalized spacial score (nSPS) is 18.8. The van der Waals surface area contributed by atoms with Crippen molar-refractivity contribution >= 4 is 12.0 Å². The Morgan fingerprint density at radius 3 is 2.24 bits per heavy atom. The first kappa shape index (κ1) is 17.8. The molecule has 6 heteroatoms. The van der Waals surface area contributed by atoms with E-state index in [1.807, 2.05) is 19.0 Å². The van der Waals surface area contributed by atoms with Crippen molar-refractivity contribution in [1.82, 2.24) is 15.5 Å². The Morgan fingerprint density at radius 2 is 1.81 bits per heavy atom. The van der Waals surface area contributed by atoms with E-state index in [4.69, 9.17) is 0 Å². The molecule has 1 saturated carbocycles. The zero-order chi connectivity index (χ0) is 16.0. The van der Waals surface area contributed by atoms with Gasteiger partial charge in [0.05, 0.1) is 0 Å². The van der Waals surface area contributed by atoms with E-state index in [9.17, 15) is 14.7 Å². The van der Waals surface area contributed by atoms with Crippen molar-refractivity contribution in [3.8, 4) is 0 Å². The molecule has 1 atom stereocenters. The minimum absolute atomic E-state index is 0.0206. The SMILES string of the molecule is CC(C)CC(CN(C)C)NC(=O)NC1(C(=O)O)CCCC1. The van der Waals surface area contributed by atoms with Crippen LogP contribution >= 0.6 is 0 Å². The summed E-state index contributed by atoms with van der Waals surface area (Å²) in [7, 11) is 3.92. The molecule has 3 N–H and O–H groups in total. The Labute approximate surface area is 127 Å². The second-order valence-corrected chi connectivity index (χ2v) is 6.78. The summed E-state index contributed by atoms with van der Waals surface area (Å²) < 4.78 is 0. The van der Waals surface area contributed by atoms with Crippen LogP contribution in [-0.4, -0.2) is 54.2 Å². The van der Waals surface area contributed by atoms with E-state index in [0.717, 1.165) is 25.8 Å². The number of carbonyl (C=O) groups is 2. The molecule has 0 aromatic heterocycles. The van der Waals surface area contributed by atoms with Crippen LogP contribution in [0.5, 0.6) is 0 Å². The summed E-state index contributed by atoms with van der Waals surface area (Å²) in [6, 6.07) is -0.348. The number of urea groups is 1. The number of likely N-dealkylation sites (N-methyl/N-ethyl adjacent to an activating group) is 1. The van der Waals surface area contributed by atoms with E-state index < -0.39 is 11.5 Å². The molecule has 122 valence electrons. The van der Waals surface area contributed by atoms with E-state index in [-0.39, 0.29) is 12.1 Å². The first-order valence-corrected chi connectivity index (χ1v) is 7.72. The Morgan fingerprint density at radius 1 is 1.24 bits per heavy atom. The molecular formula is C15H29N3O3. The number of amides is 2. The van der Waals surface area contributed by atoms with Gasteiger partial charge in [0.25, 0.3) is 0 Å². The Bertz CT molecular complexity index is 353. The first-order chi connectivity index (χ1) is 9.75. The molecule has 1 rings (SSSR count). The number of aliphatic carboxylic acids is 1. The monoisotopic (exact) mass is 299 g/mol. The maximum Gasteiger partial charge on any atom is 0.329 e. The third-order valence-corrected chi connectivity index (χ3v) is 3.90. The third kappa shape index (κ3) is 5.53. The summed E-state index contributed by atoms with van der Waals surface area (Å²) in [5, 5.41) is 15.0. The first-order valence-electron chi connectivity index (χ1n) is 7.72. The summed E-state index contributed by atoms with van der Waals surface area (Å²) >= 11 is 0. The molecule has 21 heavy (non-hydrogen) atoms. The lowest BCUT2D eigenvalue weighted by molar-refractivity contribution is -0.144. The standard InChI is InChI=1S/C15H29N3O3/c1-11(2)9-12(10-18(3)4)16-14(21)17-15(13(19)20)7-5-6-8-15/h11-12H,5-10H2,1-4H3,(H,19,20)(H2,16,17,21). The maximum absolute atomic E-state index is 12.2. The number of nitrogens with one attached hydrogen (secondary N) is 2. The van der Waals surface area contributed by atoms with Crippen molar-refractivity contribution in [2.24, 2.45) is 5.92 Å². The largest absolute Gasteiger partial charge is 0.480 e. The molecule has 1 unspecified atom stereocenters. The van der Waals surface area contributed by atoms with Gasteiger partial charge in [-0.25, -0.2) is 9.59 Å². The molecule has 0 heterocycles. The van der Waals surface area contributed by atoms with Gasteiger partial charge in [-0.1, -0.05) is 26.7 Å². The van der Waals surface area contributed by atoms with Gasteiger partial charge in [-0.2, -0.15) is 0 Å².